The molecule has 0 fully saturated rings. The number of halogens is 26. The Morgan fingerprint density at radius 2 is 0.312 bits per heavy atom. The summed E-state index contributed by atoms with van der Waals surface area (Å²) in [5.74, 6) is -74.7. The van der Waals surface area contributed by atoms with Gasteiger partial charge in [0.2, 0.25) is 0 Å². The lowest BCUT2D eigenvalue weighted by Gasteiger charge is -2.39. The molecule has 0 atom stereocenters. The van der Waals surface area contributed by atoms with Crippen molar-refractivity contribution in [2.24, 2.45) is 0 Å². The molecule has 0 spiro atoms. The summed E-state index contributed by atoms with van der Waals surface area (Å²) < 4.78 is 379. The monoisotopic (exact) mass is 1020 g/mol. The molecule has 0 aromatic rings. The Labute approximate surface area is 343 Å². The Kier molecular flexibility index (Phi) is 22.9. The lowest BCUT2D eigenvalue weighted by molar-refractivity contribution is -0.440. The SMILES string of the molecule is FC(F)(F)C(F)(F)C(F)(F)C(F)(F)C(F)(F)C(F)(F)CCOCCOCCOCCOCCOCCOCCOCCOCCC(F)(F)C(F)(F)C(F)(F)C(F)(F)C(F)(F)C(F)(F)F. The Hall–Kier alpha value is -2.14. The van der Waals surface area contributed by atoms with Gasteiger partial charge in [-0.15, -0.1) is 0 Å². The molecule has 0 unspecified atom stereocenters. The van der Waals surface area contributed by atoms with E-state index >= 15 is 0 Å². The summed E-state index contributed by atoms with van der Waals surface area (Å²) >= 11 is 0. The molecule has 0 aliphatic heterocycles. The largest absolute Gasteiger partial charge is 0.460 e. The highest BCUT2D eigenvalue weighted by Gasteiger charge is 2.92. The summed E-state index contributed by atoms with van der Waals surface area (Å²) in [5.41, 5.74) is 0. The van der Waals surface area contributed by atoms with E-state index in [0.29, 0.717) is 0 Å². The van der Waals surface area contributed by atoms with Crippen LogP contribution in [0.25, 0.3) is 0 Å². The molecule has 0 bridgehead atoms. The zero-order valence-corrected chi connectivity index (χ0v) is 31.8. The van der Waals surface area contributed by atoms with E-state index in [9.17, 15) is 114 Å². The van der Waals surface area contributed by atoms with Gasteiger partial charge < -0.3 is 37.9 Å². The van der Waals surface area contributed by atoms with Gasteiger partial charge in [-0.05, 0) is 0 Å². The van der Waals surface area contributed by atoms with Crippen LogP contribution in [0.4, 0.5) is 114 Å². The first-order chi connectivity index (χ1) is 28.7. The minimum absolute atomic E-state index is 0.0122. The van der Waals surface area contributed by atoms with Crippen molar-refractivity contribution in [2.75, 3.05) is 106 Å². The second kappa shape index (κ2) is 23.7. The topological polar surface area (TPSA) is 73.8 Å². The summed E-state index contributed by atoms with van der Waals surface area (Å²) in [6.07, 6.45) is -20.0. The van der Waals surface area contributed by atoms with Crippen molar-refractivity contribution in [3.05, 3.63) is 0 Å². The van der Waals surface area contributed by atoms with Crippen molar-refractivity contribution in [1.82, 2.24) is 0 Å². The number of hydrogen-bond acceptors (Lipinski definition) is 8. The highest BCUT2D eigenvalue weighted by atomic mass is 19.4. The third-order valence-electron chi connectivity index (χ3n) is 7.72. The first-order valence-electron chi connectivity index (χ1n) is 17.2. The van der Waals surface area contributed by atoms with Crippen molar-refractivity contribution in [3.63, 3.8) is 0 Å². The standard InChI is InChI=1S/C30H36F26O8/c31-19(32,21(35,36)23(39,40)25(43,44)27(47,48)29(51,52)53)1-3-57-5-7-59-9-11-61-13-15-63-17-18-64-16-14-62-12-10-60-8-6-58-4-2-20(33,34)22(37,38)24(41,42)26(45,46)28(49,50)30(54,55)56/h1-18H2. The van der Waals surface area contributed by atoms with Gasteiger partial charge in [-0.1, -0.05) is 0 Å². The van der Waals surface area contributed by atoms with Gasteiger partial charge in [-0.2, -0.15) is 114 Å². The summed E-state index contributed by atoms with van der Waals surface area (Å²) in [4.78, 5) is 0. The molecule has 0 saturated heterocycles. The Bertz CT molecular complexity index is 1230. The molecular weight excluding hydrogens is 982 g/mol. The molecule has 0 aliphatic rings. The number of rotatable bonds is 35. The van der Waals surface area contributed by atoms with Gasteiger partial charge in [-0.25, -0.2) is 0 Å². The second-order valence-electron chi connectivity index (χ2n) is 12.4. The van der Waals surface area contributed by atoms with Crippen molar-refractivity contribution in [2.45, 2.75) is 84.4 Å². The zero-order valence-electron chi connectivity index (χ0n) is 31.8. The van der Waals surface area contributed by atoms with Crippen molar-refractivity contribution < 1.29 is 152 Å². The van der Waals surface area contributed by atoms with E-state index in [1.54, 1.807) is 0 Å². The molecule has 0 aromatic heterocycles. The molecule has 0 N–H and O–H groups in total. The highest BCUT2D eigenvalue weighted by Crippen LogP contribution is 2.62. The minimum Gasteiger partial charge on any atom is -0.379 e. The van der Waals surface area contributed by atoms with E-state index in [4.69, 9.17) is 28.4 Å². The summed E-state index contributed by atoms with van der Waals surface area (Å²) in [6.45, 7) is -6.06. The third-order valence-corrected chi connectivity index (χ3v) is 7.72. The minimum atomic E-state index is -7.99. The average molecular weight is 1020 g/mol. The predicted molar refractivity (Wildman–Crippen MR) is 157 cm³/mol. The van der Waals surface area contributed by atoms with Gasteiger partial charge in [0.05, 0.1) is 106 Å². The van der Waals surface area contributed by atoms with Crippen molar-refractivity contribution >= 4 is 0 Å². The van der Waals surface area contributed by atoms with Crippen molar-refractivity contribution in [1.29, 1.82) is 0 Å². The van der Waals surface area contributed by atoms with Crippen LogP contribution in [0.2, 0.25) is 0 Å². The summed E-state index contributed by atoms with van der Waals surface area (Å²) in [7, 11) is 0. The number of alkyl halides is 26. The first kappa shape index (κ1) is 61.9. The average Bonchev–Trinajstić information content (AvgIpc) is 3.14. The van der Waals surface area contributed by atoms with E-state index in [0.717, 1.165) is 0 Å². The first-order valence-corrected chi connectivity index (χ1v) is 17.2. The molecule has 0 aliphatic carbocycles. The molecule has 0 heterocycles. The maximum atomic E-state index is 13.7. The Morgan fingerprint density at radius 1 is 0.172 bits per heavy atom. The molecule has 0 saturated carbocycles. The fourth-order valence-corrected chi connectivity index (χ4v) is 3.96. The van der Waals surface area contributed by atoms with Crippen LogP contribution < -0.4 is 0 Å². The molecular formula is C30H36F26O8. The summed E-state index contributed by atoms with van der Waals surface area (Å²) in [6, 6.07) is 0. The van der Waals surface area contributed by atoms with E-state index in [1.165, 1.54) is 0 Å². The fraction of sp³-hybridized carbons (Fsp3) is 1.00. The lowest BCUT2D eigenvalue weighted by Crippen LogP contribution is -2.70. The van der Waals surface area contributed by atoms with E-state index in [2.05, 4.69) is 9.47 Å². The van der Waals surface area contributed by atoms with Crippen LogP contribution >= 0.6 is 0 Å². The number of hydrogen-bond donors (Lipinski definition) is 0. The Balaban J connectivity index is 4.00. The van der Waals surface area contributed by atoms with Gasteiger partial charge in [-0.3, -0.25) is 0 Å². The number of ether oxygens (including phenoxy) is 8. The lowest BCUT2D eigenvalue weighted by atomic mass is 9.93. The quantitative estimate of drug-likeness (QED) is 0.0460. The fourth-order valence-electron chi connectivity index (χ4n) is 3.96. The van der Waals surface area contributed by atoms with Gasteiger partial charge in [0.15, 0.2) is 0 Å². The smallest absolute Gasteiger partial charge is 0.379 e. The van der Waals surface area contributed by atoms with Crippen LogP contribution in [0.3, 0.4) is 0 Å². The van der Waals surface area contributed by atoms with Crippen LogP contribution in [0.1, 0.15) is 12.8 Å². The highest BCUT2D eigenvalue weighted by molar-refractivity contribution is 5.11. The zero-order chi connectivity index (χ0) is 50.4. The van der Waals surface area contributed by atoms with E-state index in [1.807, 2.05) is 0 Å². The van der Waals surface area contributed by atoms with Crippen LogP contribution in [0, 0.1) is 0 Å². The molecule has 0 aromatic carbocycles. The van der Waals surface area contributed by atoms with Crippen LogP contribution in [-0.4, -0.2) is 177 Å². The summed E-state index contributed by atoms with van der Waals surface area (Å²) in [5, 5.41) is 0. The molecule has 0 rings (SSSR count). The van der Waals surface area contributed by atoms with Crippen LogP contribution in [-0.2, 0) is 37.9 Å². The van der Waals surface area contributed by atoms with E-state index in [-0.39, 0.29) is 66.1 Å². The molecule has 8 nitrogen and oxygen atoms in total. The molecule has 0 radical (unpaired) electrons. The maximum Gasteiger partial charge on any atom is 0.460 e. The molecule has 0 amide bonds. The van der Waals surface area contributed by atoms with Gasteiger partial charge in [0.1, 0.15) is 0 Å². The molecule has 34 heteroatoms. The van der Waals surface area contributed by atoms with Gasteiger partial charge >= 0.3 is 71.6 Å². The second-order valence-corrected chi connectivity index (χ2v) is 12.4. The molecule has 64 heavy (non-hydrogen) atoms. The molecule has 386 valence electrons. The van der Waals surface area contributed by atoms with Crippen LogP contribution in [0.5, 0.6) is 0 Å². The van der Waals surface area contributed by atoms with Crippen LogP contribution in [0.15, 0.2) is 0 Å². The Morgan fingerprint density at radius 3 is 0.469 bits per heavy atom. The van der Waals surface area contributed by atoms with Crippen molar-refractivity contribution in [3.8, 4) is 0 Å². The van der Waals surface area contributed by atoms with Gasteiger partial charge in [0.25, 0.3) is 0 Å². The predicted octanol–water partition coefficient (Wildman–Crippen LogP) is 9.38. The van der Waals surface area contributed by atoms with Gasteiger partial charge in [0, 0.05) is 12.8 Å². The third kappa shape index (κ3) is 14.7. The normalized spacial score (nSPS) is 15.1. The maximum absolute atomic E-state index is 13.7. The van der Waals surface area contributed by atoms with E-state index < -0.39 is 124 Å².